The second-order valence-electron chi connectivity index (χ2n) is 8.74. The smallest absolute Gasteiger partial charge is 0.228 e. The van der Waals surface area contributed by atoms with Crippen molar-refractivity contribution in [2.45, 2.75) is 26.4 Å². The van der Waals surface area contributed by atoms with Crippen molar-refractivity contribution in [3.8, 4) is 17.4 Å². The van der Waals surface area contributed by atoms with Gasteiger partial charge in [0.05, 0.1) is 11.3 Å². The molecule has 8 heteroatoms. The molecule has 5 aromatic rings. The molecule has 0 aliphatic carbocycles. The number of ether oxygens (including phenoxy) is 1. The molecule has 1 unspecified atom stereocenters. The van der Waals surface area contributed by atoms with E-state index in [0.29, 0.717) is 23.1 Å². The van der Waals surface area contributed by atoms with Crippen LogP contribution >= 0.6 is 0 Å². The number of aromatic hydroxyl groups is 1. The predicted octanol–water partition coefficient (Wildman–Crippen LogP) is 5.37. The summed E-state index contributed by atoms with van der Waals surface area (Å²) >= 11 is 0. The summed E-state index contributed by atoms with van der Waals surface area (Å²) < 4.78 is 7.73. The molecular weight excluding hydrogens is 454 g/mol. The molecule has 0 amide bonds. The molecule has 0 fully saturated rings. The maximum Gasteiger partial charge on any atom is 0.228 e. The lowest BCUT2D eigenvalue weighted by Gasteiger charge is -2.27. The Balaban J connectivity index is 1.36. The summed E-state index contributed by atoms with van der Waals surface area (Å²) in [5, 5.41) is 18.8. The van der Waals surface area contributed by atoms with Gasteiger partial charge in [0.1, 0.15) is 17.8 Å². The fraction of sp³-hybridized carbons (Fsp3) is 0.143. The van der Waals surface area contributed by atoms with Crippen LogP contribution in [0.4, 0.5) is 0 Å². The first-order valence-corrected chi connectivity index (χ1v) is 11.6. The molecule has 1 atom stereocenters. The molecule has 1 aliphatic rings. The van der Waals surface area contributed by atoms with Crippen molar-refractivity contribution in [2.24, 2.45) is 5.16 Å². The highest BCUT2D eigenvalue weighted by Crippen LogP contribution is 2.48. The molecule has 1 aliphatic heterocycles. The molecule has 0 saturated carbocycles. The lowest BCUT2D eigenvalue weighted by molar-refractivity contribution is 0.125. The first-order chi connectivity index (χ1) is 17.6. The van der Waals surface area contributed by atoms with Gasteiger partial charge < -0.3 is 14.7 Å². The number of rotatable bonds is 5. The Kier molecular flexibility index (Phi) is 5.33. The van der Waals surface area contributed by atoms with E-state index >= 15 is 0 Å². The van der Waals surface area contributed by atoms with Crippen LogP contribution < -0.4 is 4.74 Å². The fourth-order valence-corrected chi connectivity index (χ4v) is 4.43. The van der Waals surface area contributed by atoms with Gasteiger partial charge in [0.2, 0.25) is 5.88 Å². The van der Waals surface area contributed by atoms with E-state index in [1.165, 1.54) is 5.56 Å². The number of hydrogen-bond acceptors (Lipinski definition) is 7. The number of benzene rings is 3. The zero-order valence-electron chi connectivity index (χ0n) is 19.8. The number of oxime groups is 1. The van der Waals surface area contributed by atoms with E-state index in [1.54, 1.807) is 23.0 Å². The lowest BCUT2D eigenvalue weighted by Crippen LogP contribution is -2.14. The third-order valence-electron chi connectivity index (χ3n) is 6.23. The monoisotopic (exact) mass is 477 g/mol. The highest BCUT2D eigenvalue weighted by Gasteiger charge is 2.33. The van der Waals surface area contributed by atoms with Crippen LogP contribution in [0.2, 0.25) is 0 Å². The summed E-state index contributed by atoms with van der Waals surface area (Å²) in [6.45, 7) is 4.06. The van der Waals surface area contributed by atoms with E-state index in [9.17, 15) is 5.11 Å². The van der Waals surface area contributed by atoms with Crippen LogP contribution in [0.25, 0.3) is 5.65 Å². The van der Waals surface area contributed by atoms with Gasteiger partial charge in [-0.25, -0.2) is 14.5 Å². The minimum absolute atomic E-state index is 0.112. The maximum atomic E-state index is 10.0. The highest BCUT2D eigenvalue weighted by molar-refractivity contribution is 5.98. The van der Waals surface area contributed by atoms with Gasteiger partial charge in [0.25, 0.3) is 0 Å². The molecule has 6 rings (SSSR count). The predicted molar refractivity (Wildman–Crippen MR) is 135 cm³/mol. The third-order valence-corrected chi connectivity index (χ3v) is 6.23. The van der Waals surface area contributed by atoms with E-state index in [0.717, 1.165) is 28.0 Å². The normalized spacial score (nSPS) is 14.7. The zero-order valence-corrected chi connectivity index (χ0v) is 19.8. The zero-order chi connectivity index (χ0) is 24.6. The summed E-state index contributed by atoms with van der Waals surface area (Å²) in [5.74, 6) is 1.42. The van der Waals surface area contributed by atoms with Crippen LogP contribution in [0.3, 0.4) is 0 Å². The van der Waals surface area contributed by atoms with Gasteiger partial charge in [0.15, 0.2) is 18.1 Å². The van der Waals surface area contributed by atoms with Crippen molar-refractivity contribution < 1.29 is 14.7 Å². The first kappa shape index (κ1) is 21.8. The Hall–Kier alpha value is -4.72. The van der Waals surface area contributed by atoms with E-state index in [4.69, 9.17) is 14.6 Å². The van der Waals surface area contributed by atoms with Crippen LogP contribution in [0.15, 0.2) is 84.3 Å². The molecule has 2 aromatic heterocycles. The van der Waals surface area contributed by atoms with Crippen molar-refractivity contribution >= 4 is 11.4 Å². The minimum Gasteiger partial charge on any atom is -0.508 e. The average molecular weight is 478 g/mol. The SMILES string of the molecule is C/C(=N\OCc1nc2c3c(ncn2n1)Oc1cc(O)ccc1C3c1ccccc1)c1ccc(C)cc1. The number of aromatic nitrogens is 4. The van der Waals surface area contributed by atoms with Crippen molar-refractivity contribution in [1.82, 2.24) is 19.6 Å². The van der Waals surface area contributed by atoms with Crippen LogP contribution in [-0.4, -0.2) is 30.4 Å². The molecule has 36 heavy (non-hydrogen) atoms. The quantitative estimate of drug-likeness (QED) is 0.265. The van der Waals surface area contributed by atoms with Crippen molar-refractivity contribution in [3.63, 3.8) is 0 Å². The Morgan fingerprint density at radius 1 is 1.08 bits per heavy atom. The van der Waals surface area contributed by atoms with Crippen molar-refractivity contribution in [3.05, 3.63) is 113 Å². The first-order valence-electron chi connectivity index (χ1n) is 11.6. The summed E-state index contributed by atoms with van der Waals surface area (Å²) in [7, 11) is 0. The number of nitrogens with zero attached hydrogens (tertiary/aromatic N) is 5. The van der Waals surface area contributed by atoms with Gasteiger partial charge in [0, 0.05) is 17.5 Å². The standard InChI is InChI=1S/C28H23N5O3/c1-17-8-10-19(11-9-17)18(2)32-35-15-24-30-27-26-25(20-6-4-3-5-7-20)22-13-12-21(34)14-23(22)36-28(26)29-16-33(27)31-24/h3-14,16,25,34H,15H2,1-2H3/b32-18+. The lowest BCUT2D eigenvalue weighted by atomic mass is 9.84. The Bertz CT molecular complexity index is 1590. The number of hydrogen-bond donors (Lipinski definition) is 1. The molecule has 3 heterocycles. The van der Waals surface area contributed by atoms with Crippen LogP contribution in [0.5, 0.6) is 17.4 Å². The van der Waals surface area contributed by atoms with E-state index in [2.05, 4.69) is 27.4 Å². The molecule has 8 nitrogen and oxygen atoms in total. The van der Waals surface area contributed by atoms with Gasteiger partial charge in [-0.3, -0.25) is 0 Å². The average Bonchev–Trinajstić information content (AvgIpc) is 3.31. The number of fused-ring (bicyclic) bond motifs is 4. The molecule has 0 radical (unpaired) electrons. The Morgan fingerprint density at radius 2 is 1.89 bits per heavy atom. The highest BCUT2D eigenvalue weighted by atomic mass is 16.6. The van der Waals surface area contributed by atoms with Gasteiger partial charge in [-0.05, 0) is 31.0 Å². The second-order valence-corrected chi connectivity index (χ2v) is 8.74. The molecule has 1 N–H and O–H groups in total. The van der Waals surface area contributed by atoms with Gasteiger partial charge >= 0.3 is 0 Å². The van der Waals surface area contributed by atoms with Crippen molar-refractivity contribution in [2.75, 3.05) is 0 Å². The summed E-state index contributed by atoms with van der Waals surface area (Å²) in [6.07, 6.45) is 1.57. The molecule has 3 aromatic carbocycles. The Labute approximate surface area is 207 Å². The molecule has 0 spiro atoms. The van der Waals surface area contributed by atoms with Gasteiger partial charge in [-0.1, -0.05) is 71.4 Å². The van der Waals surface area contributed by atoms with Crippen LogP contribution in [0, 0.1) is 6.92 Å². The van der Waals surface area contributed by atoms with E-state index in [1.807, 2.05) is 62.4 Å². The molecule has 0 bridgehead atoms. The number of phenolic OH excluding ortho intramolecular Hbond substituents is 1. The second kappa shape index (κ2) is 8.81. The van der Waals surface area contributed by atoms with Crippen LogP contribution in [-0.2, 0) is 11.4 Å². The van der Waals surface area contributed by atoms with Crippen molar-refractivity contribution in [1.29, 1.82) is 0 Å². The summed E-state index contributed by atoms with van der Waals surface area (Å²) in [5.41, 5.74) is 6.37. The van der Waals surface area contributed by atoms with Gasteiger partial charge in [-0.15, -0.1) is 5.10 Å². The third kappa shape index (κ3) is 3.92. The molecule has 178 valence electrons. The minimum atomic E-state index is -0.193. The van der Waals surface area contributed by atoms with Crippen LogP contribution in [0.1, 0.15) is 46.5 Å². The number of phenols is 1. The molecule has 0 saturated heterocycles. The largest absolute Gasteiger partial charge is 0.508 e. The van der Waals surface area contributed by atoms with Gasteiger partial charge in [-0.2, -0.15) is 0 Å². The Morgan fingerprint density at radius 3 is 2.69 bits per heavy atom. The fourth-order valence-electron chi connectivity index (χ4n) is 4.43. The van der Waals surface area contributed by atoms with E-state index < -0.39 is 0 Å². The number of aryl methyl sites for hydroxylation is 1. The maximum absolute atomic E-state index is 10.0. The van der Waals surface area contributed by atoms with E-state index in [-0.39, 0.29) is 18.3 Å². The summed E-state index contributed by atoms with van der Waals surface area (Å²) in [4.78, 5) is 14.9. The summed E-state index contributed by atoms with van der Waals surface area (Å²) in [6, 6.07) is 23.3. The topological polar surface area (TPSA) is 94.1 Å². The molecular formula is C28H23N5O3.